The zero-order valence-electron chi connectivity index (χ0n) is 10.6. The topological polar surface area (TPSA) is 43.6 Å². The lowest BCUT2D eigenvalue weighted by molar-refractivity contribution is -0.00670. The number of hydrogen-bond acceptors (Lipinski definition) is 4. The van der Waals surface area contributed by atoms with Gasteiger partial charge in [0.05, 0.1) is 19.0 Å². The molecule has 1 aliphatic carbocycles. The van der Waals surface area contributed by atoms with Crippen molar-refractivity contribution in [1.29, 1.82) is 0 Å². The summed E-state index contributed by atoms with van der Waals surface area (Å²) in [5, 5.41) is 3.47. The fourth-order valence-electron chi connectivity index (χ4n) is 1.69. The van der Waals surface area contributed by atoms with E-state index in [1.165, 1.54) is 18.4 Å². The fraction of sp³-hybridized carbons (Fsp3) is 0.692. The molecule has 0 amide bonds. The van der Waals surface area contributed by atoms with E-state index in [1.54, 1.807) is 13.4 Å². The molecule has 2 rings (SSSR count). The molecule has 0 spiro atoms. The summed E-state index contributed by atoms with van der Waals surface area (Å²) in [6.07, 6.45) is 4.42. The minimum atomic E-state index is 0.0920. The van der Waals surface area contributed by atoms with E-state index < -0.39 is 0 Å². The van der Waals surface area contributed by atoms with Gasteiger partial charge in [0.25, 0.3) is 0 Å². The summed E-state index contributed by atoms with van der Waals surface area (Å²) in [5.41, 5.74) is 1.20. The Morgan fingerprint density at radius 1 is 1.53 bits per heavy atom. The van der Waals surface area contributed by atoms with Crippen LogP contribution in [0.1, 0.15) is 31.1 Å². The van der Waals surface area contributed by atoms with Gasteiger partial charge in [-0.15, -0.1) is 0 Å². The molecule has 1 saturated carbocycles. The highest BCUT2D eigenvalue weighted by Gasteiger charge is 2.21. The first-order chi connectivity index (χ1) is 8.29. The van der Waals surface area contributed by atoms with Crippen molar-refractivity contribution in [3.05, 3.63) is 23.7 Å². The predicted octanol–water partition coefficient (Wildman–Crippen LogP) is 2.08. The molecule has 1 aliphatic rings. The van der Waals surface area contributed by atoms with Crippen LogP contribution in [0.15, 0.2) is 16.7 Å². The summed E-state index contributed by atoms with van der Waals surface area (Å²) in [6, 6.07) is 2.72. The number of rotatable bonds is 8. The Hall–Kier alpha value is -0.840. The van der Waals surface area contributed by atoms with Gasteiger partial charge in [-0.2, -0.15) is 0 Å². The highest BCUT2D eigenvalue weighted by Crippen LogP contribution is 2.20. The molecule has 0 saturated heterocycles. The zero-order valence-corrected chi connectivity index (χ0v) is 10.6. The van der Waals surface area contributed by atoms with E-state index in [2.05, 4.69) is 5.32 Å². The maximum Gasteiger partial charge on any atom is 0.133 e. The molecule has 4 heteroatoms. The maximum absolute atomic E-state index is 5.64. The van der Waals surface area contributed by atoms with Crippen LogP contribution < -0.4 is 5.32 Å². The van der Waals surface area contributed by atoms with Crippen molar-refractivity contribution in [2.75, 3.05) is 13.7 Å². The van der Waals surface area contributed by atoms with Crippen molar-refractivity contribution in [3.8, 4) is 0 Å². The Balaban J connectivity index is 1.76. The smallest absolute Gasteiger partial charge is 0.133 e. The van der Waals surface area contributed by atoms with Crippen molar-refractivity contribution >= 4 is 0 Å². The van der Waals surface area contributed by atoms with Crippen molar-refractivity contribution in [2.24, 2.45) is 0 Å². The normalized spacial score (nSPS) is 17.3. The van der Waals surface area contributed by atoms with E-state index in [1.807, 2.05) is 13.0 Å². The van der Waals surface area contributed by atoms with E-state index in [0.717, 1.165) is 12.3 Å². The monoisotopic (exact) mass is 239 g/mol. The Morgan fingerprint density at radius 3 is 3.06 bits per heavy atom. The summed E-state index contributed by atoms with van der Waals surface area (Å²) in [5.74, 6) is 0.918. The number of furan rings is 1. The van der Waals surface area contributed by atoms with Crippen LogP contribution in [0.25, 0.3) is 0 Å². The second kappa shape index (κ2) is 6.19. The Morgan fingerprint density at radius 2 is 2.35 bits per heavy atom. The Kier molecular flexibility index (Phi) is 4.59. The van der Waals surface area contributed by atoms with Crippen molar-refractivity contribution in [1.82, 2.24) is 5.32 Å². The minimum Gasteiger partial charge on any atom is -0.467 e. The van der Waals surface area contributed by atoms with Crippen molar-refractivity contribution in [3.63, 3.8) is 0 Å². The Labute approximate surface area is 102 Å². The highest BCUT2D eigenvalue weighted by molar-refractivity contribution is 5.16. The predicted molar refractivity (Wildman–Crippen MR) is 64.7 cm³/mol. The van der Waals surface area contributed by atoms with E-state index in [0.29, 0.717) is 19.3 Å². The van der Waals surface area contributed by atoms with Crippen LogP contribution in [0.2, 0.25) is 0 Å². The van der Waals surface area contributed by atoms with Gasteiger partial charge in [0.1, 0.15) is 12.4 Å². The highest BCUT2D eigenvalue weighted by atomic mass is 16.5. The van der Waals surface area contributed by atoms with E-state index in [4.69, 9.17) is 13.9 Å². The minimum absolute atomic E-state index is 0.0920. The molecule has 0 aromatic carbocycles. The summed E-state index contributed by atoms with van der Waals surface area (Å²) in [6.45, 7) is 3.99. The third kappa shape index (κ3) is 4.15. The molecule has 17 heavy (non-hydrogen) atoms. The van der Waals surface area contributed by atoms with Crippen LogP contribution in [-0.4, -0.2) is 25.9 Å². The van der Waals surface area contributed by atoms with Gasteiger partial charge < -0.3 is 19.2 Å². The molecule has 96 valence electrons. The standard InChI is InChI=1S/C13H21NO3/c1-10(8-15-2)17-9-13-11(5-6-16-13)7-14-12-3-4-12/h5-6,10,12,14H,3-4,7-9H2,1-2H3. The summed E-state index contributed by atoms with van der Waals surface area (Å²) in [7, 11) is 1.68. The lowest BCUT2D eigenvalue weighted by Gasteiger charge is -2.11. The van der Waals surface area contributed by atoms with Crippen molar-refractivity contribution in [2.45, 2.75) is 45.1 Å². The molecule has 0 aliphatic heterocycles. The largest absolute Gasteiger partial charge is 0.467 e. The van der Waals surface area contributed by atoms with E-state index in [9.17, 15) is 0 Å². The first-order valence-corrected chi connectivity index (χ1v) is 6.18. The van der Waals surface area contributed by atoms with Crippen molar-refractivity contribution < 1.29 is 13.9 Å². The molecular formula is C13H21NO3. The van der Waals surface area contributed by atoms with Crippen LogP contribution in [-0.2, 0) is 22.6 Å². The van der Waals surface area contributed by atoms with Crippen LogP contribution in [0.3, 0.4) is 0 Å². The third-order valence-corrected chi connectivity index (χ3v) is 2.90. The van der Waals surface area contributed by atoms with Gasteiger partial charge in [0, 0.05) is 25.3 Å². The fourth-order valence-corrected chi connectivity index (χ4v) is 1.69. The van der Waals surface area contributed by atoms with Gasteiger partial charge >= 0.3 is 0 Å². The van der Waals surface area contributed by atoms with Crippen LogP contribution in [0.4, 0.5) is 0 Å². The molecule has 1 atom stereocenters. The number of methoxy groups -OCH3 is 1. The second-order valence-corrected chi connectivity index (χ2v) is 4.60. The molecule has 1 N–H and O–H groups in total. The molecule has 1 unspecified atom stereocenters. The van der Waals surface area contributed by atoms with Crippen LogP contribution in [0.5, 0.6) is 0 Å². The first-order valence-electron chi connectivity index (χ1n) is 6.18. The maximum atomic E-state index is 5.64. The SMILES string of the molecule is COCC(C)OCc1occc1CNC1CC1. The van der Waals surface area contributed by atoms with Crippen LogP contribution in [0, 0.1) is 0 Å². The second-order valence-electron chi connectivity index (χ2n) is 4.60. The van der Waals surface area contributed by atoms with Crippen LogP contribution >= 0.6 is 0 Å². The van der Waals surface area contributed by atoms with Gasteiger partial charge in [-0.1, -0.05) is 0 Å². The summed E-state index contributed by atoms with van der Waals surface area (Å²) < 4.78 is 16.1. The first kappa shape index (κ1) is 12.6. The molecule has 0 bridgehead atoms. The molecule has 1 aromatic rings. The molecule has 1 fully saturated rings. The summed E-state index contributed by atoms with van der Waals surface area (Å²) >= 11 is 0. The molecule has 0 radical (unpaired) electrons. The van der Waals surface area contributed by atoms with Gasteiger partial charge in [-0.3, -0.25) is 0 Å². The van der Waals surface area contributed by atoms with Gasteiger partial charge in [-0.05, 0) is 25.8 Å². The zero-order chi connectivity index (χ0) is 12.1. The third-order valence-electron chi connectivity index (χ3n) is 2.90. The van der Waals surface area contributed by atoms with Gasteiger partial charge in [0.15, 0.2) is 0 Å². The number of ether oxygens (including phenoxy) is 2. The summed E-state index contributed by atoms with van der Waals surface area (Å²) in [4.78, 5) is 0. The molecule has 1 aromatic heterocycles. The lowest BCUT2D eigenvalue weighted by atomic mass is 10.2. The van der Waals surface area contributed by atoms with E-state index >= 15 is 0 Å². The molecule has 1 heterocycles. The van der Waals surface area contributed by atoms with E-state index in [-0.39, 0.29) is 6.10 Å². The van der Waals surface area contributed by atoms with Gasteiger partial charge in [-0.25, -0.2) is 0 Å². The lowest BCUT2D eigenvalue weighted by Crippen LogP contribution is -2.17. The number of hydrogen-bond donors (Lipinski definition) is 1. The molecular weight excluding hydrogens is 218 g/mol. The Bertz CT molecular complexity index is 333. The quantitative estimate of drug-likeness (QED) is 0.754. The average Bonchev–Trinajstić information content (AvgIpc) is 3.03. The average molecular weight is 239 g/mol. The molecule has 4 nitrogen and oxygen atoms in total. The van der Waals surface area contributed by atoms with Gasteiger partial charge in [0.2, 0.25) is 0 Å². The number of nitrogens with one attached hydrogen (secondary N) is 1.